The third kappa shape index (κ3) is 2.73. The highest BCUT2D eigenvalue weighted by atomic mass is 15.2. The van der Waals surface area contributed by atoms with Crippen molar-refractivity contribution >= 4 is 0 Å². The molecule has 4 unspecified atom stereocenters. The van der Waals surface area contributed by atoms with E-state index in [4.69, 9.17) is 5.73 Å². The maximum Gasteiger partial charge on any atom is 0.0170 e. The van der Waals surface area contributed by atoms with Gasteiger partial charge in [-0.25, -0.2) is 0 Å². The molecule has 1 saturated carbocycles. The van der Waals surface area contributed by atoms with Crippen molar-refractivity contribution in [2.24, 2.45) is 17.6 Å². The number of hydrogen-bond donors (Lipinski definition) is 1. The first-order valence-corrected chi connectivity index (χ1v) is 6.68. The van der Waals surface area contributed by atoms with Gasteiger partial charge in [0.2, 0.25) is 0 Å². The molecule has 1 heterocycles. The molecule has 2 heteroatoms. The molecule has 0 aromatic heterocycles. The van der Waals surface area contributed by atoms with E-state index in [2.05, 4.69) is 18.7 Å². The lowest BCUT2D eigenvalue weighted by molar-refractivity contribution is 0.115. The normalized spacial score (nSPS) is 43.4. The summed E-state index contributed by atoms with van der Waals surface area (Å²) in [7, 11) is 0. The van der Waals surface area contributed by atoms with Crippen LogP contribution in [0.2, 0.25) is 0 Å². The molecule has 88 valence electrons. The fourth-order valence-corrected chi connectivity index (χ4v) is 3.49. The average molecular weight is 210 g/mol. The second kappa shape index (κ2) is 4.84. The van der Waals surface area contributed by atoms with Gasteiger partial charge in [0, 0.05) is 25.2 Å². The van der Waals surface area contributed by atoms with Gasteiger partial charge in [-0.15, -0.1) is 0 Å². The smallest absolute Gasteiger partial charge is 0.0170 e. The second-order valence-electron chi connectivity index (χ2n) is 5.80. The number of nitrogens with zero attached hydrogens (tertiary/aromatic N) is 1. The molecular weight excluding hydrogens is 184 g/mol. The van der Waals surface area contributed by atoms with Crippen molar-refractivity contribution in [3.05, 3.63) is 0 Å². The van der Waals surface area contributed by atoms with Crippen molar-refractivity contribution in [1.82, 2.24) is 4.90 Å². The number of rotatable bonds is 2. The van der Waals surface area contributed by atoms with Gasteiger partial charge in [-0.3, -0.25) is 4.90 Å². The number of hydrogen-bond acceptors (Lipinski definition) is 2. The maximum atomic E-state index is 6.11. The summed E-state index contributed by atoms with van der Waals surface area (Å²) in [4.78, 5) is 2.68. The zero-order valence-electron chi connectivity index (χ0n) is 10.3. The topological polar surface area (TPSA) is 29.3 Å². The monoisotopic (exact) mass is 210 g/mol. The number of nitrogens with two attached hydrogens (primary N) is 1. The van der Waals surface area contributed by atoms with Crippen LogP contribution in [0.3, 0.4) is 0 Å². The molecule has 0 amide bonds. The standard InChI is InChI=1S/C13H26N2/c1-3-11-4-5-13(7-11)15-8-10(2)6-12(14)9-15/h10-13H,3-9,14H2,1-2H3. The average Bonchev–Trinajstić information content (AvgIpc) is 2.64. The van der Waals surface area contributed by atoms with Gasteiger partial charge in [0.05, 0.1) is 0 Å². The second-order valence-corrected chi connectivity index (χ2v) is 5.80. The Hall–Kier alpha value is -0.0800. The predicted molar refractivity (Wildman–Crippen MR) is 64.7 cm³/mol. The Balaban J connectivity index is 1.88. The third-order valence-corrected chi connectivity index (χ3v) is 4.33. The molecule has 2 nitrogen and oxygen atoms in total. The SMILES string of the molecule is CCC1CCC(N2CC(C)CC(N)C2)C1. The summed E-state index contributed by atoms with van der Waals surface area (Å²) in [6, 6.07) is 1.28. The molecule has 0 aromatic carbocycles. The molecule has 15 heavy (non-hydrogen) atoms. The van der Waals surface area contributed by atoms with Crippen molar-refractivity contribution in [3.8, 4) is 0 Å². The highest BCUT2D eigenvalue weighted by molar-refractivity contribution is 4.88. The van der Waals surface area contributed by atoms with Gasteiger partial charge >= 0.3 is 0 Å². The summed E-state index contributed by atoms with van der Waals surface area (Å²) in [5.41, 5.74) is 6.11. The molecule has 2 N–H and O–H groups in total. The summed E-state index contributed by atoms with van der Waals surface area (Å²) >= 11 is 0. The first-order valence-electron chi connectivity index (χ1n) is 6.68. The van der Waals surface area contributed by atoms with Crippen LogP contribution in [0.25, 0.3) is 0 Å². The van der Waals surface area contributed by atoms with E-state index in [0.717, 1.165) is 24.4 Å². The molecule has 1 saturated heterocycles. The van der Waals surface area contributed by atoms with E-state index < -0.39 is 0 Å². The van der Waals surface area contributed by atoms with Gasteiger partial charge < -0.3 is 5.73 Å². The highest BCUT2D eigenvalue weighted by Crippen LogP contribution is 2.33. The molecule has 1 aliphatic heterocycles. The van der Waals surface area contributed by atoms with Crippen LogP contribution in [0.15, 0.2) is 0 Å². The van der Waals surface area contributed by atoms with E-state index in [-0.39, 0.29) is 0 Å². The fraction of sp³-hybridized carbons (Fsp3) is 1.00. The minimum absolute atomic E-state index is 0.425. The van der Waals surface area contributed by atoms with Gasteiger partial charge in [0.15, 0.2) is 0 Å². The first-order chi connectivity index (χ1) is 7.19. The van der Waals surface area contributed by atoms with Gasteiger partial charge in [0.25, 0.3) is 0 Å². The van der Waals surface area contributed by atoms with E-state index in [1.165, 1.54) is 38.6 Å². The molecule has 0 spiro atoms. The maximum absolute atomic E-state index is 6.11. The first kappa shape index (κ1) is 11.4. The molecule has 1 aliphatic carbocycles. The highest BCUT2D eigenvalue weighted by Gasteiger charge is 2.32. The largest absolute Gasteiger partial charge is 0.327 e. The van der Waals surface area contributed by atoms with Crippen LogP contribution in [0.5, 0.6) is 0 Å². The van der Waals surface area contributed by atoms with Crippen LogP contribution in [0.1, 0.15) is 46.0 Å². The summed E-state index contributed by atoms with van der Waals surface area (Å²) in [6.45, 7) is 7.11. The lowest BCUT2D eigenvalue weighted by Gasteiger charge is -2.38. The molecule has 0 aromatic rings. The number of likely N-dealkylation sites (tertiary alicyclic amines) is 1. The fourth-order valence-electron chi connectivity index (χ4n) is 3.49. The molecular formula is C13H26N2. The van der Waals surface area contributed by atoms with Crippen molar-refractivity contribution in [2.45, 2.75) is 58.0 Å². The lowest BCUT2D eigenvalue weighted by Crippen LogP contribution is -2.49. The Kier molecular flexibility index (Phi) is 3.68. The van der Waals surface area contributed by atoms with E-state index in [1.54, 1.807) is 0 Å². The predicted octanol–water partition coefficient (Wildman–Crippen LogP) is 2.23. The third-order valence-electron chi connectivity index (χ3n) is 4.33. The summed E-state index contributed by atoms with van der Waals surface area (Å²) < 4.78 is 0. The Morgan fingerprint density at radius 3 is 2.60 bits per heavy atom. The Labute approximate surface area is 94.2 Å². The van der Waals surface area contributed by atoms with E-state index in [0.29, 0.717) is 6.04 Å². The minimum Gasteiger partial charge on any atom is -0.327 e. The number of piperidine rings is 1. The molecule has 4 atom stereocenters. The van der Waals surface area contributed by atoms with Crippen LogP contribution >= 0.6 is 0 Å². The van der Waals surface area contributed by atoms with Crippen LogP contribution < -0.4 is 5.73 Å². The van der Waals surface area contributed by atoms with E-state index in [9.17, 15) is 0 Å². The van der Waals surface area contributed by atoms with Gasteiger partial charge in [0.1, 0.15) is 0 Å². The molecule has 2 rings (SSSR count). The minimum atomic E-state index is 0.425. The van der Waals surface area contributed by atoms with Crippen molar-refractivity contribution < 1.29 is 0 Å². The van der Waals surface area contributed by atoms with Gasteiger partial charge in [-0.05, 0) is 37.5 Å². The van der Waals surface area contributed by atoms with Crippen LogP contribution in [-0.2, 0) is 0 Å². The Morgan fingerprint density at radius 2 is 2.00 bits per heavy atom. The Bertz CT molecular complexity index is 195. The quantitative estimate of drug-likeness (QED) is 0.757. The zero-order valence-corrected chi connectivity index (χ0v) is 10.3. The van der Waals surface area contributed by atoms with Crippen molar-refractivity contribution in [2.75, 3.05) is 13.1 Å². The van der Waals surface area contributed by atoms with Crippen molar-refractivity contribution in [3.63, 3.8) is 0 Å². The van der Waals surface area contributed by atoms with Crippen molar-refractivity contribution in [1.29, 1.82) is 0 Å². The summed E-state index contributed by atoms with van der Waals surface area (Å²) in [5, 5.41) is 0. The van der Waals surface area contributed by atoms with E-state index >= 15 is 0 Å². The molecule has 0 bridgehead atoms. The Morgan fingerprint density at radius 1 is 1.20 bits per heavy atom. The van der Waals surface area contributed by atoms with Crippen LogP contribution in [0, 0.1) is 11.8 Å². The summed E-state index contributed by atoms with van der Waals surface area (Å²) in [5.74, 6) is 1.79. The molecule has 0 radical (unpaired) electrons. The van der Waals surface area contributed by atoms with E-state index in [1.807, 2.05) is 0 Å². The molecule has 2 aliphatic rings. The lowest BCUT2D eigenvalue weighted by atomic mass is 9.94. The van der Waals surface area contributed by atoms with Crippen LogP contribution in [-0.4, -0.2) is 30.1 Å². The summed E-state index contributed by atoms with van der Waals surface area (Å²) in [6.07, 6.45) is 6.88. The van der Waals surface area contributed by atoms with Crippen LogP contribution in [0.4, 0.5) is 0 Å². The molecule has 2 fully saturated rings. The van der Waals surface area contributed by atoms with Gasteiger partial charge in [-0.1, -0.05) is 20.3 Å². The zero-order chi connectivity index (χ0) is 10.8. The van der Waals surface area contributed by atoms with Gasteiger partial charge in [-0.2, -0.15) is 0 Å².